The van der Waals surface area contributed by atoms with Crippen molar-refractivity contribution in [1.29, 1.82) is 0 Å². The molecule has 4 aliphatic rings. The van der Waals surface area contributed by atoms with Crippen LogP contribution < -0.4 is 0 Å². The first-order chi connectivity index (χ1) is 15.9. The number of carbonyl (C=O) groups is 2. The molecule has 5 heteroatoms. The number of imide groups is 1. The third-order valence-electron chi connectivity index (χ3n) is 9.16. The topological polar surface area (TPSA) is 40.6 Å². The maximum atomic E-state index is 12.9. The molecular weight excluding hydrogens is 432 g/mol. The molecule has 0 unspecified atom stereocenters. The molecule has 2 aliphatic carbocycles. The molecule has 2 saturated carbocycles. The van der Waals surface area contributed by atoms with E-state index in [1.165, 1.54) is 30.4 Å². The van der Waals surface area contributed by atoms with Gasteiger partial charge in [0, 0.05) is 37.0 Å². The highest BCUT2D eigenvalue weighted by atomic mass is 35.5. The average molecular weight is 471 g/mol. The maximum Gasteiger partial charge on any atom is 0.229 e. The highest BCUT2D eigenvalue weighted by Crippen LogP contribution is 2.48. The number of benzene rings is 1. The van der Waals surface area contributed by atoms with Crippen LogP contribution in [-0.2, 0) is 16.0 Å². The standard InChI is InChI=1S/C28H39ClN2O2/c1-20-19-30(15-11-22-6-7-23(29)16-25(20)22)14-10-21-4-8-24(9-5-21)31-26(32)17-28(18-27(31)33)12-2-3-13-28/h6-7,16,20-21,24H,2-5,8-15,17-19H2,1H3/t20-,21?,24?/m0/s1. The second kappa shape index (κ2) is 9.70. The van der Waals surface area contributed by atoms with E-state index in [9.17, 15) is 9.59 Å². The summed E-state index contributed by atoms with van der Waals surface area (Å²) >= 11 is 6.25. The fourth-order valence-electron chi connectivity index (χ4n) is 7.27. The first-order valence-corrected chi connectivity index (χ1v) is 13.7. The monoisotopic (exact) mass is 470 g/mol. The molecule has 4 nitrogen and oxygen atoms in total. The molecule has 2 amide bonds. The van der Waals surface area contributed by atoms with Gasteiger partial charge in [-0.3, -0.25) is 14.5 Å². The van der Waals surface area contributed by atoms with E-state index in [0.29, 0.717) is 24.7 Å². The van der Waals surface area contributed by atoms with Crippen LogP contribution in [0.15, 0.2) is 18.2 Å². The summed E-state index contributed by atoms with van der Waals surface area (Å²) in [4.78, 5) is 30.2. The molecule has 2 aliphatic heterocycles. The first kappa shape index (κ1) is 23.4. The quantitative estimate of drug-likeness (QED) is 0.509. The molecule has 33 heavy (non-hydrogen) atoms. The van der Waals surface area contributed by atoms with E-state index in [2.05, 4.69) is 24.0 Å². The molecule has 2 heterocycles. The minimum absolute atomic E-state index is 0.0111. The van der Waals surface area contributed by atoms with Crippen LogP contribution in [0.25, 0.3) is 0 Å². The van der Waals surface area contributed by atoms with Gasteiger partial charge in [-0.2, -0.15) is 0 Å². The molecule has 0 N–H and O–H groups in total. The molecule has 180 valence electrons. The van der Waals surface area contributed by atoms with Crippen molar-refractivity contribution in [3.05, 3.63) is 34.3 Å². The van der Waals surface area contributed by atoms with Crippen LogP contribution in [0.3, 0.4) is 0 Å². The van der Waals surface area contributed by atoms with Gasteiger partial charge in [0.15, 0.2) is 0 Å². The van der Waals surface area contributed by atoms with Crippen LogP contribution in [0.5, 0.6) is 0 Å². The zero-order chi connectivity index (χ0) is 23.0. The molecular formula is C28H39ClN2O2. The number of nitrogens with zero attached hydrogens (tertiary/aromatic N) is 2. The molecule has 5 rings (SSSR count). The third-order valence-corrected chi connectivity index (χ3v) is 9.39. The van der Waals surface area contributed by atoms with Gasteiger partial charge in [-0.05, 0) is 98.4 Å². The summed E-state index contributed by atoms with van der Waals surface area (Å²) in [6.45, 7) is 5.68. The van der Waals surface area contributed by atoms with Crippen LogP contribution in [-0.4, -0.2) is 47.3 Å². The average Bonchev–Trinajstić information content (AvgIpc) is 3.16. The molecule has 1 atom stereocenters. The Hall–Kier alpha value is -1.39. The fourth-order valence-corrected chi connectivity index (χ4v) is 7.45. The Morgan fingerprint density at radius 2 is 1.73 bits per heavy atom. The molecule has 3 fully saturated rings. The normalized spacial score (nSPS) is 30.5. The lowest BCUT2D eigenvalue weighted by Gasteiger charge is -2.43. The fraction of sp³-hybridized carbons (Fsp3) is 0.714. The second-order valence-corrected chi connectivity index (χ2v) is 11.9. The van der Waals surface area contributed by atoms with E-state index < -0.39 is 0 Å². The minimum atomic E-state index is 0.0111. The Morgan fingerprint density at radius 3 is 2.42 bits per heavy atom. The van der Waals surface area contributed by atoms with Crippen molar-refractivity contribution in [2.75, 3.05) is 19.6 Å². The van der Waals surface area contributed by atoms with Crippen LogP contribution in [0.4, 0.5) is 0 Å². The maximum absolute atomic E-state index is 12.9. The Labute approximate surface area is 204 Å². The van der Waals surface area contributed by atoms with E-state index in [1.54, 1.807) is 4.90 Å². The van der Waals surface area contributed by atoms with Crippen molar-refractivity contribution in [2.24, 2.45) is 11.3 Å². The Kier molecular flexibility index (Phi) is 6.86. The molecule has 1 spiro atoms. The Morgan fingerprint density at radius 1 is 1.03 bits per heavy atom. The van der Waals surface area contributed by atoms with Gasteiger partial charge in [0.05, 0.1) is 0 Å². The number of rotatable bonds is 4. The molecule has 1 saturated heterocycles. The molecule has 0 radical (unpaired) electrons. The second-order valence-electron chi connectivity index (χ2n) is 11.5. The zero-order valence-corrected chi connectivity index (χ0v) is 20.9. The molecule has 0 aromatic heterocycles. The van der Waals surface area contributed by atoms with Crippen molar-refractivity contribution in [3.8, 4) is 0 Å². The lowest BCUT2D eigenvalue weighted by Crippen LogP contribution is -2.52. The smallest absolute Gasteiger partial charge is 0.229 e. The van der Waals surface area contributed by atoms with Gasteiger partial charge in [-0.25, -0.2) is 0 Å². The predicted octanol–water partition coefficient (Wildman–Crippen LogP) is 5.96. The largest absolute Gasteiger partial charge is 0.302 e. The van der Waals surface area contributed by atoms with Gasteiger partial charge in [0.2, 0.25) is 11.8 Å². The number of hydrogen-bond donors (Lipinski definition) is 0. The summed E-state index contributed by atoms with van der Waals surface area (Å²) in [7, 11) is 0. The number of amides is 2. The summed E-state index contributed by atoms with van der Waals surface area (Å²) < 4.78 is 0. The number of hydrogen-bond acceptors (Lipinski definition) is 3. The van der Waals surface area contributed by atoms with Gasteiger partial charge in [0.1, 0.15) is 0 Å². The highest BCUT2D eigenvalue weighted by Gasteiger charge is 2.47. The highest BCUT2D eigenvalue weighted by molar-refractivity contribution is 6.30. The third kappa shape index (κ3) is 5.03. The van der Waals surface area contributed by atoms with Gasteiger partial charge in [-0.15, -0.1) is 0 Å². The van der Waals surface area contributed by atoms with E-state index >= 15 is 0 Å². The predicted molar refractivity (Wildman–Crippen MR) is 132 cm³/mol. The van der Waals surface area contributed by atoms with E-state index in [4.69, 9.17) is 11.6 Å². The van der Waals surface area contributed by atoms with Gasteiger partial charge in [-0.1, -0.05) is 37.4 Å². The summed E-state index contributed by atoms with van der Waals surface area (Å²) in [5.41, 5.74) is 2.88. The van der Waals surface area contributed by atoms with E-state index in [1.807, 2.05) is 6.07 Å². The number of halogens is 1. The number of carbonyl (C=O) groups excluding carboxylic acids is 2. The molecule has 1 aromatic carbocycles. The van der Waals surface area contributed by atoms with E-state index in [-0.39, 0.29) is 23.3 Å². The van der Waals surface area contributed by atoms with Crippen molar-refractivity contribution in [3.63, 3.8) is 0 Å². The lowest BCUT2D eigenvalue weighted by atomic mass is 9.75. The minimum Gasteiger partial charge on any atom is -0.302 e. The van der Waals surface area contributed by atoms with Gasteiger partial charge >= 0.3 is 0 Å². The van der Waals surface area contributed by atoms with Crippen molar-refractivity contribution in [1.82, 2.24) is 9.80 Å². The van der Waals surface area contributed by atoms with Crippen LogP contribution in [0.2, 0.25) is 5.02 Å². The van der Waals surface area contributed by atoms with Crippen LogP contribution >= 0.6 is 11.6 Å². The summed E-state index contributed by atoms with van der Waals surface area (Å²) in [6.07, 6.45) is 12.3. The number of piperidine rings is 1. The van der Waals surface area contributed by atoms with Crippen molar-refractivity contribution < 1.29 is 9.59 Å². The Balaban J connectivity index is 1.10. The van der Waals surface area contributed by atoms with Crippen molar-refractivity contribution in [2.45, 2.75) is 95.9 Å². The first-order valence-electron chi connectivity index (χ1n) is 13.3. The van der Waals surface area contributed by atoms with Crippen LogP contribution in [0.1, 0.15) is 94.6 Å². The molecule has 1 aromatic rings. The lowest BCUT2D eigenvalue weighted by molar-refractivity contribution is -0.157. The number of likely N-dealkylation sites (tertiary alicyclic amines) is 1. The van der Waals surface area contributed by atoms with E-state index in [0.717, 1.165) is 69.6 Å². The van der Waals surface area contributed by atoms with Gasteiger partial charge < -0.3 is 4.90 Å². The summed E-state index contributed by atoms with van der Waals surface area (Å²) in [5, 5.41) is 0.842. The summed E-state index contributed by atoms with van der Waals surface area (Å²) in [5.74, 6) is 1.47. The van der Waals surface area contributed by atoms with Gasteiger partial charge in [0.25, 0.3) is 0 Å². The SMILES string of the molecule is C[C@H]1CN(CCC2CCC(N3C(=O)CC4(CCCC4)CC3=O)CC2)CCc2ccc(Cl)cc21. The van der Waals surface area contributed by atoms with Crippen molar-refractivity contribution >= 4 is 23.4 Å². The van der Waals surface area contributed by atoms with Crippen LogP contribution in [0, 0.1) is 11.3 Å². The zero-order valence-electron chi connectivity index (χ0n) is 20.2. The Bertz CT molecular complexity index is 866. The molecule has 0 bridgehead atoms. The number of fused-ring (bicyclic) bond motifs is 1. The summed E-state index contributed by atoms with van der Waals surface area (Å²) in [6, 6.07) is 6.53.